The molecule has 0 heterocycles. The summed E-state index contributed by atoms with van der Waals surface area (Å²) in [6.07, 6.45) is -25.1. The maximum absolute atomic E-state index is 13.3. The fraction of sp³-hybridized carbons (Fsp3) is 0.909. The van der Waals surface area contributed by atoms with E-state index in [1.165, 1.54) is 26.6 Å². The SMILES string of the molecule is CO[Si](CCCNC(=O)C(F)(F)OC(F)(F)C(F)(F)OC(F)(F)F)(OC)OC. The molecule has 0 aliphatic heterocycles. The molecular weight excluding hydrogens is 441 g/mol. The molecule has 28 heavy (non-hydrogen) atoms. The second-order valence-corrected chi connectivity index (χ2v) is 7.95. The van der Waals surface area contributed by atoms with Gasteiger partial charge in [-0.15, -0.1) is 13.2 Å². The van der Waals surface area contributed by atoms with Crippen molar-refractivity contribution in [1.29, 1.82) is 0 Å². The van der Waals surface area contributed by atoms with Crippen molar-refractivity contribution in [2.24, 2.45) is 0 Å². The summed E-state index contributed by atoms with van der Waals surface area (Å²) in [7, 11) is 0.548. The fourth-order valence-corrected chi connectivity index (χ4v) is 3.36. The van der Waals surface area contributed by atoms with Crippen LogP contribution in [0.4, 0.5) is 39.5 Å². The first-order chi connectivity index (χ1) is 12.5. The molecule has 7 nitrogen and oxygen atoms in total. The van der Waals surface area contributed by atoms with Crippen LogP contribution in [0.3, 0.4) is 0 Å². The number of hydrogen-bond acceptors (Lipinski definition) is 6. The summed E-state index contributed by atoms with van der Waals surface area (Å²) < 4.78 is 132. The molecule has 168 valence electrons. The Morgan fingerprint density at radius 3 is 1.64 bits per heavy atom. The molecule has 0 unspecified atom stereocenters. The lowest BCUT2D eigenvalue weighted by molar-refractivity contribution is -0.524. The molecule has 0 spiro atoms. The molecule has 0 radical (unpaired) electrons. The zero-order valence-corrected chi connectivity index (χ0v) is 15.5. The van der Waals surface area contributed by atoms with E-state index in [-0.39, 0.29) is 12.5 Å². The van der Waals surface area contributed by atoms with Gasteiger partial charge in [0.25, 0.3) is 0 Å². The van der Waals surface area contributed by atoms with Crippen LogP contribution in [-0.4, -0.2) is 67.3 Å². The van der Waals surface area contributed by atoms with Gasteiger partial charge in [0.15, 0.2) is 0 Å². The number of carbonyl (C=O) groups excluding carboxylic acids is 1. The number of amides is 1. The zero-order valence-electron chi connectivity index (χ0n) is 14.5. The molecule has 0 saturated carbocycles. The normalized spacial score (nSPS) is 14.3. The van der Waals surface area contributed by atoms with E-state index >= 15 is 0 Å². The van der Waals surface area contributed by atoms with Crippen molar-refractivity contribution in [2.45, 2.75) is 37.2 Å². The highest BCUT2D eigenvalue weighted by molar-refractivity contribution is 6.60. The minimum atomic E-state index is -6.53. The molecule has 0 saturated heterocycles. The third-order valence-electron chi connectivity index (χ3n) is 2.98. The van der Waals surface area contributed by atoms with Crippen molar-refractivity contribution in [3.05, 3.63) is 0 Å². The fourth-order valence-electron chi connectivity index (χ4n) is 1.64. The molecule has 1 amide bonds. The second kappa shape index (κ2) is 9.57. The summed E-state index contributed by atoms with van der Waals surface area (Å²) >= 11 is 0. The van der Waals surface area contributed by atoms with Crippen molar-refractivity contribution in [3.63, 3.8) is 0 Å². The number of hydrogen-bond donors (Lipinski definition) is 1. The molecule has 0 aromatic carbocycles. The van der Waals surface area contributed by atoms with Crippen LogP contribution in [0.25, 0.3) is 0 Å². The predicted molar refractivity (Wildman–Crippen MR) is 72.3 cm³/mol. The molecule has 0 aromatic heterocycles. The van der Waals surface area contributed by atoms with Gasteiger partial charge in [-0.25, -0.2) is 9.47 Å². The van der Waals surface area contributed by atoms with E-state index in [1.807, 2.05) is 0 Å². The predicted octanol–water partition coefficient (Wildman–Crippen LogP) is 2.70. The Hall–Kier alpha value is -1.14. The largest absolute Gasteiger partial charge is 0.527 e. The van der Waals surface area contributed by atoms with E-state index in [2.05, 4.69) is 4.74 Å². The summed E-state index contributed by atoms with van der Waals surface area (Å²) in [5.74, 6) is -2.60. The lowest BCUT2D eigenvalue weighted by Crippen LogP contribution is -2.54. The van der Waals surface area contributed by atoms with E-state index in [9.17, 15) is 44.3 Å². The van der Waals surface area contributed by atoms with E-state index in [1.54, 1.807) is 4.74 Å². The van der Waals surface area contributed by atoms with Gasteiger partial charge < -0.3 is 18.6 Å². The summed E-state index contributed by atoms with van der Waals surface area (Å²) in [6.45, 7) is -0.608. The first kappa shape index (κ1) is 26.9. The van der Waals surface area contributed by atoms with Crippen LogP contribution in [0, 0.1) is 0 Å². The lowest BCUT2D eigenvalue weighted by atomic mass is 10.4. The lowest BCUT2D eigenvalue weighted by Gasteiger charge is -2.28. The van der Waals surface area contributed by atoms with Gasteiger partial charge in [-0.3, -0.25) is 4.79 Å². The van der Waals surface area contributed by atoms with Crippen molar-refractivity contribution >= 4 is 14.7 Å². The van der Waals surface area contributed by atoms with Crippen LogP contribution in [0.5, 0.6) is 0 Å². The molecule has 0 aromatic rings. The van der Waals surface area contributed by atoms with Crippen molar-refractivity contribution in [1.82, 2.24) is 5.32 Å². The molecule has 0 bridgehead atoms. The van der Waals surface area contributed by atoms with Gasteiger partial charge in [0.1, 0.15) is 0 Å². The Bertz CT molecular complexity index is 507. The summed E-state index contributed by atoms with van der Waals surface area (Å²) in [6, 6.07) is -0.0170. The number of alkyl halides is 9. The average molecular weight is 457 g/mol. The Morgan fingerprint density at radius 2 is 1.25 bits per heavy atom. The van der Waals surface area contributed by atoms with Crippen LogP contribution < -0.4 is 5.32 Å². The molecule has 0 aliphatic rings. The number of nitrogens with one attached hydrogen (secondary N) is 1. The van der Waals surface area contributed by atoms with Gasteiger partial charge >= 0.3 is 39.4 Å². The molecule has 1 N–H and O–H groups in total. The Morgan fingerprint density at radius 1 is 0.821 bits per heavy atom. The van der Waals surface area contributed by atoms with Gasteiger partial charge in [0.2, 0.25) is 0 Å². The van der Waals surface area contributed by atoms with Crippen molar-refractivity contribution < 1.29 is 67.1 Å². The maximum Gasteiger partial charge on any atom is 0.527 e. The maximum atomic E-state index is 13.3. The average Bonchev–Trinajstić information content (AvgIpc) is 2.52. The standard InChI is InChI=1S/C11H16F9NO6Si/c1-23-28(24-2,25-3)6-4-5-21-7(22)8(12,13)26-9(14,15)10(16,17)27-11(18,19)20/h4-6H2,1-3H3,(H,21,22). The highest BCUT2D eigenvalue weighted by Gasteiger charge is 2.69. The molecule has 0 atom stereocenters. The quantitative estimate of drug-likeness (QED) is 0.276. The van der Waals surface area contributed by atoms with Gasteiger partial charge in [0, 0.05) is 33.9 Å². The van der Waals surface area contributed by atoms with Gasteiger partial charge in [0.05, 0.1) is 0 Å². The monoisotopic (exact) mass is 457 g/mol. The van der Waals surface area contributed by atoms with Crippen LogP contribution in [0.1, 0.15) is 6.42 Å². The molecule has 17 heteroatoms. The Balaban J connectivity index is 4.86. The van der Waals surface area contributed by atoms with Gasteiger partial charge in [-0.2, -0.15) is 26.3 Å². The number of rotatable bonds is 12. The third kappa shape index (κ3) is 7.70. The number of halogens is 9. The minimum Gasteiger partial charge on any atom is -0.377 e. The molecule has 0 aliphatic carbocycles. The van der Waals surface area contributed by atoms with Crippen molar-refractivity contribution in [3.8, 4) is 0 Å². The van der Waals surface area contributed by atoms with Gasteiger partial charge in [-0.1, -0.05) is 0 Å². The molecular formula is C11H16F9NO6Si. The number of carbonyl (C=O) groups is 1. The van der Waals surface area contributed by atoms with Crippen LogP contribution in [0.15, 0.2) is 0 Å². The first-order valence-electron chi connectivity index (χ1n) is 7.02. The van der Waals surface area contributed by atoms with E-state index in [0.29, 0.717) is 0 Å². The second-order valence-electron chi connectivity index (χ2n) is 4.86. The highest BCUT2D eigenvalue weighted by atomic mass is 28.4. The van der Waals surface area contributed by atoms with Crippen LogP contribution in [-0.2, 0) is 27.5 Å². The third-order valence-corrected chi connectivity index (χ3v) is 5.81. The van der Waals surface area contributed by atoms with E-state index < -0.39 is 45.9 Å². The van der Waals surface area contributed by atoms with E-state index in [0.717, 1.165) is 0 Å². The zero-order chi connectivity index (χ0) is 22.4. The van der Waals surface area contributed by atoms with Crippen LogP contribution in [0.2, 0.25) is 6.04 Å². The molecule has 0 fully saturated rings. The summed E-state index contributed by atoms with van der Waals surface area (Å²) in [5.41, 5.74) is 0. The van der Waals surface area contributed by atoms with Crippen molar-refractivity contribution in [2.75, 3.05) is 27.9 Å². The van der Waals surface area contributed by atoms with Crippen LogP contribution >= 0.6 is 0 Å². The topological polar surface area (TPSA) is 75.3 Å². The van der Waals surface area contributed by atoms with E-state index in [4.69, 9.17) is 13.3 Å². The minimum absolute atomic E-state index is 0.0170. The smallest absolute Gasteiger partial charge is 0.377 e. The highest BCUT2D eigenvalue weighted by Crippen LogP contribution is 2.43. The Labute approximate surface area is 153 Å². The number of ether oxygens (including phenoxy) is 2. The Kier molecular flexibility index (Phi) is 9.18. The summed E-state index contributed by atoms with van der Waals surface area (Å²) in [5, 5.41) is 1.39. The molecule has 0 rings (SSSR count). The summed E-state index contributed by atoms with van der Waals surface area (Å²) in [4.78, 5) is 11.2. The van der Waals surface area contributed by atoms with Gasteiger partial charge in [-0.05, 0) is 6.42 Å². The first-order valence-corrected chi connectivity index (χ1v) is 8.95.